The van der Waals surface area contributed by atoms with Crippen LogP contribution in [0.4, 0.5) is 11.5 Å². The summed E-state index contributed by atoms with van der Waals surface area (Å²) in [4.78, 5) is 19.0. The largest absolute Gasteiger partial charge is 0.360 e. The summed E-state index contributed by atoms with van der Waals surface area (Å²) in [6, 6.07) is 13.4. The monoisotopic (exact) mass is 325 g/mol. The first-order valence-electron chi connectivity index (χ1n) is 8.35. The van der Waals surface area contributed by atoms with E-state index in [1.165, 1.54) is 5.69 Å². The Morgan fingerprint density at radius 3 is 2.38 bits per heavy atom. The molecule has 1 saturated heterocycles. The van der Waals surface area contributed by atoms with Crippen molar-refractivity contribution >= 4 is 17.4 Å². The van der Waals surface area contributed by atoms with Crippen LogP contribution in [0.1, 0.15) is 16.1 Å². The highest BCUT2D eigenvalue weighted by Crippen LogP contribution is 2.19. The van der Waals surface area contributed by atoms with Crippen molar-refractivity contribution < 1.29 is 9.28 Å². The zero-order chi connectivity index (χ0) is 17.2. The highest BCUT2D eigenvalue weighted by molar-refractivity contribution is 6.03. The average Bonchev–Trinajstić information content (AvgIpc) is 2.55. The van der Waals surface area contributed by atoms with Gasteiger partial charge in [-0.2, -0.15) is 0 Å². The quantitative estimate of drug-likeness (QED) is 0.882. The third-order valence-electron chi connectivity index (χ3n) is 4.58. The molecule has 0 unspecified atom stereocenters. The molecule has 1 aromatic heterocycles. The summed E-state index contributed by atoms with van der Waals surface area (Å²) in [6.45, 7) is 6.28. The van der Waals surface area contributed by atoms with E-state index in [9.17, 15) is 4.79 Å². The van der Waals surface area contributed by atoms with Crippen molar-refractivity contribution in [2.24, 2.45) is 0 Å². The van der Waals surface area contributed by atoms with E-state index < -0.39 is 0 Å². The Labute approximate surface area is 143 Å². The molecule has 126 valence electrons. The summed E-state index contributed by atoms with van der Waals surface area (Å²) >= 11 is 0. The van der Waals surface area contributed by atoms with Crippen molar-refractivity contribution in [3.05, 3.63) is 53.7 Å². The van der Waals surface area contributed by atoms with Gasteiger partial charge in [0.1, 0.15) is 5.82 Å². The van der Waals surface area contributed by atoms with Crippen LogP contribution in [0, 0.1) is 6.92 Å². The smallest absolute Gasteiger partial charge is 0.256 e. The molecule has 1 aliphatic rings. The minimum atomic E-state index is -0.129. The lowest BCUT2D eigenvalue weighted by atomic mass is 10.1. The molecule has 24 heavy (non-hydrogen) atoms. The van der Waals surface area contributed by atoms with Crippen LogP contribution in [-0.4, -0.2) is 55.6 Å². The van der Waals surface area contributed by atoms with Crippen LogP contribution in [0.2, 0.25) is 0 Å². The second-order valence-electron chi connectivity index (χ2n) is 7.04. The number of carbonyl (C=O) groups is 1. The summed E-state index contributed by atoms with van der Waals surface area (Å²) < 4.78 is 1.07. The third kappa shape index (κ3) is 3.92. The predicted octanol–water partition coefficient (Wildman–Crippen LogP) is 2.54. The van der Waals surface area contributed by atoms with Crippen molar-refractivity contribution in [2.75, 3.05) is 50.5 Å². The highest BCUT2D eigenvalue weighted by Gasteiger charge is 2.24. The van der Waals surface area contributed by atoms with Gasteiger partial charge in [0.2, 0.25) is 0 Å². The van der Waals surface area contributed by atoms with Crippen LogP contribution in [-0.2, 0) is 0 Å². The van der Waals surface area contributed by atoms with Crippen LogP contribution in [0.3, 0.4) is 0 Å². The van der Waals surface area contributed by atoms with Gasteiger partial charge in [0.25, 0.3) is 5.91 Å². The molecule has 0 spiro atoms. The Hall–Kier alpha value is -2.40. The first kappa shape index (κ1) is 16.5. The molecule has 0 radical (unpaired) electrons. The summed E-state index contributed by atoms with van der Waals surface area (Å²) in [5, 5.41) is 2.84. The predicted molar refractivity (Wildman–Crippen MR) is 97.4 cm³/mol. The fraction of sp³-hybridized carbons (Fsp3) is 0.368. The molecule has 0 saturated carbocycles. The molecule has 1 N–H and O–H groups in total. The minimum absolute atomic E-state index is 0.129. The molecule has 1 fully saturated rings. The molecular formula is C19H25N4O+. The van der Waals surface area contributed by atoms with E-state index in [4.69, 9.17) is 0 Å². The number of aryl methyl sites for hydroxylation is 1. The molecule has 0 aliphatic carbocycles. The normalized spacial score (nSPS) is 16.7. The molecular weight excluding hydrogens is 300 g/mol. The Morgan fingerprint density at radius 2 is 1.75 bits per heavy atom. The first-order chi connectivity index (χ1) is 11.4. The van der Waals surface area contributed by atoms with Crippen LogP contribution in [0.5, 0.6) is 0 Å². The van der Waals surface area contributed by atoms with Crippen LogP contribution < -0.4 is 10.2 Å². The van der Waals surface area contributed by atoms with E-state index in [-0.39, 0.29) is 5.91 Å². The number of hydrogen-bond acceptors (Lipinski definition) is 3. The number of nitrogens with one attached hydrogen (secondary N) is 1. The maximum Gasteiger partial charge on any atom is 0.256 e. The summed E-state index contributed by atoms with van der Waals surface area (Å²) in [7, 11) is 4.54. The number of aromatic nitrogens is 1. The fourth-order valence-corrected chi connectivity index (χ4v) is 2.89. The van der Waals surface area contributed by atoms with Gasteiger partial charge in [-0.1, -0.05) is 6.07 Å². The summed E-state index contributed by atoms with van der Waals surface area (Å²) in [6.07, 6.45) is 0. The Kier molecular flexibility index (Phi) is 4.53. The molecule has 5 heteroatoms. The van der Waals surface area contributed by atoms with E-state index in [0.29, 0.717) is 11.4 Å². The lowest BCUT2D eigenvalue weighted by Gasteiger charge is -2.40. The van der Waals surface area contributed by atoms with Gasteiger partial charge < -0.3 is 14.7 Å². The number of hydrogen-bond donors (Lipinski definition) is 1. The second kappa shape index (κ2) is 6.61. The van der Waals surface area contributed by atoms with Crippen molar-refractivity contribution in [1.82, 2.24) is 4.98 Å². The molecule has 0 atom stereocenters. The van der Waals surface area contributed by atoms with Crippen LogP contribution in [0.15, 0.2) is 42.5 Å². The Balaban J connectivity index is 1.65. The second-order valence-corrected chi connectivity index (χ2v) is 7.04. The number of quaternary nitrogens is 1. The van der Waals surface area contributed by atoms with E-state index in [1.54, 1.807) is 6.07 Å². The standard InChI is InChI=1S/C19H24N4O/c1-15-5-4-6-18(20-15)21-19(24)16-7-9-17(10-8-16)22-11-13-23(2,3)14-12-22/h4-10H,11-14H2,1-3H3/p+1. The number of likely N-dealkylation sites (N-methyl/N-ethyl adjacent to an activating group) is 1. The molecule has 2 aromatic rings. The number of nitrogens with zero attached hydrogens (tertiary/aromatic N) is 3. The van der Waals surface area contributed by atoms with Crippen molar-refractivity contribution in [3.8, 4) is 0 Å². The summed E-state index contributed by atoms with van der Waals surface area (Å²) in [5.41, 5.74) is 2.71. The topological polar surface area (TPSA) is 45.2 Å². The van der Waals surface area contributed by atoms with Crippen molar-refractivity contribution in [1.29, 1.82) is 0 Å². The van der Waals surface area contributed by atoms with Gasteiger partial charge >= 0.3 is 0 Å². The minimum Gasteiger partial charge on any atom is -0.360 e. The van der Waals surface area contributed by atoms with Crippen molar-refractivity contribution in [2.45, 2.75) is 6.92 Å². The maximum absolute atomic E-state index is 12.3. The van der Waals surface area contributed by atoms with Crippen LogP contribution in [0.25, 0.3) is 0 Å². The number of anilines is 2. The Morgan fingerprint density at radius 1 is 1.08 bits per heavy atom. The molecule has 0 bridgehead atoms. The van der Waals surface area contributed by atoms with Gasteiger partial charge in [0.15, 0.2) is 0 Å². The van der Waals surface area contributed by atoms with Gasteiger partial charge in [-0.25, -0.2) is 4.98 Å². The fourth-order valence-electron chi connectivity index (χ4n) is 2.89. The Bertz CT molecular complexity index is 714. The maximum atomic E-state index is 12.3. The lowest BCUT2D eigenvalue weighted by Crippen LogP contribution is -2.54. The van der Waals surface area contributed by atoms with Gasteiger partial charge in [-0.05, 0) is 43.3 Å². The van der Waals surface area contributed by atoms with Gasteiger partial charge in [0, 0.05) is 16.9 Å². The average molecular weight is 325 g/mol. The van der Waals surface area contributed by atoms with E-state index in [0.717, 1.165) is 36.4 Å². The molecule has 3 rings (SSSR count). The van der Waals surface area contributed by atoms with Gasteiger partial charge in [-0.3, -0.25) is 4.79 Å². The molecule has 1 aliphatic heterocycles. The third-order valence-corrected chi connectivity index (χ3v) is 4.58. The van der Waals surface area contributed by atoms with E-state index in [2.05, 4.69) is 29.3 Å². The molecule has 1 amide bonds. The number of piperazine rings is 1. The number of rotatable bonds is 3. The summed E-state index contributed by atoms with van der Waals surface area (Å²) in [5.74, 6) is 0.455. The zero-order valence-electron chi connectivity index (χ0n) is 14.6. The number of pyridine rings is 1. The van der Waals surface area contributed by atoms with Gasteiger partial charge in [-0.15, -0.1) is 0 Å². The number of benzene rings is 1. The van der Waals surface area contributed by atoms with Gasteiger partial charge in [0.05, 0.1) is 40.3 Å². The zero-order valence-corrected chi connectivity index (χ0v) is 14.6. The number of amides is 1. The van der Waals surface area contributed by atoms with Crippen LogP contribution >= 0.6 is 0 Å². The molecule has 2 heterocycles. The molecule has 5 nitrogen and oxygen atoms in total. The lowest BCUT2D eigenvalue weighted by molar-refractivity contribution is -0.890. The van der Waals surface area contributed by atoms with E-state index >= 15 is 0 Å². The SMILES string of the molecule is Cc1cccc(NC(=O)c2ccc(N3CC[N+](C)(C)CC3)cc2)n1. The number of carbonyl (C=O) groups excluding carboxylic acids is 1. The highest BCUT2D eigenvalue weighted by atomic mass is 16.1. The van der Waals surface area contributed by atoms with E-state index in [1.807, 2.05) is 43.3 Å². The molecule has 1 aromatic carbocycles. The van der Waals surface area contributed by atoms with Crippen molar-refractivity contribution in [3.63, 3.8) is 0 Å². The first-order valence-corrected chi connectivity index (χ1v) is 8.35.